The van der Waals surface area contributed by atoms with Crippen LogP contribution >= 0.6 is 0 Å². The van der Waals surface area contributed by atoms with Gasteiger partial charge in [0, 0.05) is 0 Å². The normalized spacial score (nSPS) is 14.1. The summed E-state index contributed by atoms with van der Waals surface area (Å²) in [5.41, 5.74) is 9.18. The molecule has 104 valence electrons. The minimum Gasteiger partial charge on any atom is -0.0613 e. The largest absolute Gasteiger partial charge is 0.0613 e. The monoisotopic (exact) mass is 264 g/mol. The van der Waals surface area contributed by atoms with E-state index < -0.39 is 0 Å². The molecule has 0 spiro atoms. The molecule has 0 radical (unpaired) electrons. The molecule has 20 heavy (non-hydrogen) atoms. The highest BCUT2D eigenvalue weighted by Crippen LogP contribution is 2.22. The maximum Gasteiger partial charge on any atom is -0.0235 e. The number of benzene rings is 2. The molecule has 0 N–H and O–H groups in total. The van der Waals surface area contributed by atoms with Gasteiger partial charge in [-0.15, -0.1) is 0 Å². The van der Waals surface area contributed by atoms with Crippen LogP contribution in [0.5, 0.6) is 0 Å². The van der Waals surface area contributed by atoms with Crippen molar-refractivity contribution in [1.82, 2.24) is 0 Å². The Morgan fingerprint density at radius 2 is 1.10 bits per heavy atom. The molecule has 0 heteroatoms. The van der Waals surface area contributed by atoms with Gasteiger partial charge in [0.2, 0.25) is 0 Å². The summed E-state index contributed by atoms with van der Waals surface area (Å²) >= 11 is 0. The summed E-state index contributed by atoms with van der Waals surface area (Å²) in [5.74, 6) is 0. The maximum atomic E-state index is 2.43. The second kappa shape index (κ2) is 5.83. The summed E-state index contributed by atoms with van der Waals surface area (Å²) in [4.78, 5) is 0. The predicted octanol–water partition coefficient (Wildman–Crippen LogP) is 4.70. The van der Waals surface area contributed by atoms with Crippen molar-refractivity contribution >= 4 is 0 Å². The third kappa shape index (κ3) is 2.65. The van der Waals surface area contributed by atoms with E-state index in [0.717, 1.165) is 25.7 Å². The fourth-order valence-electron chi connectivity index (χ4n) is 3.37. The van der Waals surface area contributed by atoms with Crippen molar-refractivity contribution in [2.75, 3.05) is 0 Å². The summed E-state index contributed by atoms with van der Waals surface area (Å²) in [5, 5.41) is 0. The molecule has 0 saturated heterocycles. The molecule has 0 amide bonds. The second-order valence-electron chi connectivity index (χ2n) is 5.91. The topological polar surface area (TPSA) is 0 Å². The number of rotatable bonds is 2. The Hall–Kier alpha value is -1.56. The van der Waals surface area contributed by atoms with Gasteiger partial charge in [-0.1, -0.05) is 50.2 Å². The van der Waals surface area contributed by atoms with E-state index in [1.54, 1.807) is 22.3 Å². The van der Waals surface area contributed by atoms with Gasteiger partial charge in [0.05, 0.1) is 0 Å². The molecule has 0 fully saturated rings. The highest BCUT2D eigenvalue weighted by molar-refractivity contribution is 5.37. The zero-order valence-corrected chi connectivity index (χ0v) is 12.7. The van der Waals surface area contributed by atoms with E-state index in [1.165, 1.54) is 24.0 Å². The van der Waals surface area contributed by atoms with E-state index in [-0.39, 0.29) is 0 Å². The van der Waals surface area contributed by atoms with Crippen LogP contribution in [0.2, 0.25) is 0 Å². The van der Waals surface area contributed by atoms with Crippen LogP contribution in [0.3, 0.4) is 0 Å². The predicted molar refractivity (Wildman–Crippen MR) is 86.5 cm³/mol. The average molecular weight is 264 g/mol. The first kappa shape index (κ1) is 13.4. The van der Waals surface area contributed by atoms with E-state index in [2.05, 4.69) is 50.2 Å². The standard InChI is InChI=1S/C20H24/c1-3-17-13-15-5-6-16-8-10-20(18(4-2)14-16)12-11-19(17)9-7-15/h7-10,13-14H,3-6,11-12H2,1-2H3. The quantitative estimate of drug-likeness (QED) is 0.738. The molecule has 0 nitrogen and oxygen atoms in total. The molecule has 4 aliphatic rings. The zero-order chi connectivity index (χ0) is 13.9. The number of aryl methyl sites for hydroxylation is 6. The first-order valence-corrected chi connectivity index (χ1v) is 8.01. The van der Waals surface area contributed by atoms with Gasteiger partial charge >= 0.3 is 0 Å². The lowest BCUT2D eigenvalue weighted by atomic mass is 9.90. The molecule has 6 rings (SSSR count). The second-order valence-corrected chi connectivity index (χ2v) is 5.91. The van der Waals surface area contributed by atoms with Gasteiger partial charge in [0.1, 0.15) is 0 Å². The highest BCUT2D eigenvalue weighted by Gasteiger charge is 2.09. The van der Waals surface area contributed by atoms with Gasteiger partial charge in [0.15, 0.2) is 0 Å². The third-order valence-electron chi connectivity index (χ3n) is 4.67. The van der Waals surface area contributed by atoms with Crippen molar-refractivity contribution in [3.8, 4) is 0 Å². The zero-order valence-electron chi connectivity index (χ0n) is 12.7. The Balaban J connectivity index is 2.02. The van der Waals surface area contributed by atoms with E-state index in [0.29, 0.717) is 0 Å². The van der Waals surface area contributed by atoms with Crippen molar-refractivity contribution < 1.29 is 0 Å². The van der Waals surface area contributed by atoms with Crippen molar-refractivity contribution in [2.24, 2.45) is 0 Å². The molecule has 2 aromatic carbocycles. The van der Waals surface area contributed by atoms with Gasteiger partial charge in [-0.05, 0) is 71.9 Å². The summed E-state index contributed by atoms with van der Waals surface area (Å²) < 4.78 is 0. The lowest BCUT2D eigenvalue weighted by Gasteiger charge is -2.16. The van der Waals surface area contributed by atoms with E-state index >= 15 is 0 Å². The average Bonchev–Trinajstić information content (AvgIpc) is 2.49. The van der Waals surface area contributed by atoms with Crippen LogP contribution < -0.4 is 0 Å². The first-order chi connectivity index (χ1) is 9.80. The minimum absolute atomic E-state index is 1.15. The van der Waals surface area contributed by atoms with Gasteiger partial charge in [-0.25, -0.2) is 0 Å². The van der Waals surface area contributed by atoms with E-state index in [9.17, 15) is 0 Å². The van der Waals surface area contributed by atoms with Crippen LogP contribution in [0.15, 0.2) is 36.4 Å². The van der Waals surface area contributed by atoms with Crippen LogP contribution in [-0.2, 0) is 38.5 Å². The fraction of sp³-hybridized carbons (Fsp3) is 0.400. The molecule has 0 saturated carbocycles. The Kier molecular flexibility index (Phi) is 3.91. The van der Waals surface area contributed by atoms with Crippen LogP contribution in [0.25, 0.3) is 0 Å². The van der Waals surface area contributed by atoms with Crippen LogP contribution in [0, 0.1) is 0 Å². The summed E-state index contributed by atoms with van der Waals surface area (Å²) in [6.45, 7) is 4.56. The van der Waals surface area contributed by atoms with Crippen molar-refractivity contribution in [2.45, 2.75) is 52.4 Å². The molecule has 0 atom stereocenters. The SMILES string of the molecule is CCc1cc2ccc1CCc1ccc(cc1CC)CC2. The lowest BCUT2D eigenvalue weighted by molar-refractivity contribution is 0.880. The Bertz CT molecular complexity index is 552. The van der Waals surface area contributed by atoms with Crippen LogP contribution in [-0.4, -0.2) is 0 Å². The molecule has 0 aromatic heterocycles. The Morgan fingerprint density at radius 3 is 1.50 bits per heavy atom. The highest BCUT2D eigenvalue weighted by atomic mass is 14.1. The van der Waals surface area contributed by atoms with Gasteiger partial charge < -0.3 is 0 Å². The third-order valence-corrected chi connectivity index (χ3v) is 4.67. The molecular weight excluding hydrogens is 240 g/mol. The molecule has 2 aromatic rings. The van der Waals surface area contributed by atoms with Crippen molar-refractivity contribution in [3.05, 3.63) is 69.8 Å². The van der Waals surface area contributed by atoms with Crippen molar-refractivity contribution in [3.63, 3.8) is 0 Å². The molecule has 0 heterocycles. The molecule has 4 bridgehead atoms. The smallest absolute Gasteiger partial charge is 0.0235 e. The lowest BCUT2D eigenvalue weighted by Crippen LogP contribution is -2.04. The van der Waals surface area contributed by atoms with Crippen LogP contribution in [0.1, 0.15) is 47.2 Å². The van der Waals surface area contributed by atoms with Crippen LogP contribution in [0.4, 0.5) is 0 Å². The molecule has 0 unspecified atom stereocenters. The minimum atomic E-state index is 1.15. The summed E-state index contributed by atoms with van der Waals surface area (Å²) in [6.07, 6.45) is 6.99. The van der Waals surface area contributed by atoms with Gasteiger partial charge in [0.25, 0.3) is 0 Å². The van der Waals surface area contributed by atoms with E-state index in [4.69, 9.17) is 0 Å². The molecular formula is C20H24. The number of hydrogen-bond donors (Lipinski definition) is 0. The van der Waals surface area contributed by atoms with Crippen molar-refractivity contribution in [1.29, 1.82) is 0 Å². The first-order valence-electron chi connectivity index (χ1n) is 8.01. The molecule has 4 aliphatic carbocycles. The Labute approximate surface area is 122 Å². The summed E-state index contributed by atoms with van der Waals surface area (Å²) in [7, 11) is 0. The number of hydrogen-bond acceptors (Lipinski definition) is 0. The van der Waals surface area contributed by atoms with Gasteiger partial charge in [-0.3, -0.25) is 0 Å². The fourth-order valence-corrected chi connectivity index (χ4v) is 3.37. The maximum absolute atomic E-state index is 2.43. The Morgan fingerprint density at radius 1 is 0.650 bits per heavy atom. The summed E-state index contributed by atoms with van der Waals surface area (Å²) in [6, 6.07) is 14.3. The molecule has 0 aliphatic heterocycles. The van der Waals surface area contributed by atoms with E-state index in [1.807, 2.05) is 0 Å². The van der Waals surface area contributed by atoms with Gasteiger partial charge in [-0.2, -0.15) is 0 Å².